The van der Waals surface area contributed by atoms with Gasteiger partial charge in [0.15, 0.2) is 0 Å². The van der Waals surface area contributed by atoms with Crippen molar-refractivity contribution >= 4 is 28.9 Å². The summed E-state index contributed by atoms with van der Waals surface area (Å²) in [6.07, 6.45) is 2.29. The van der Waals surface area contributed by atoms with E-state index in [0.29, 0.717) is 16.3 Å². The maximum atomic E-state index is 12.6. The van der Waals surface area contributed by atoms with Gasteiger partial charge in [0, 0.05) is 13.1 Å². The van der Waals surface area contributed by atoms with Gasteiger partial charge in [0.2, 0.25) is 0 Å². The molecule has 1 aliphatic rings. The molecule has 1 saturated heterocycles. The summed E-state index contributed by atoms with van der Waals surface area (Å²) in [5.41, 5.74) is 2.13. The first kappa shape index (κ1) is 15.7. The number of para-hydroxylation sites is 2. The van der Waals surface area contributed by atoms with Crippen LogP contribution in [0.2, 0.25) is 5.02 Å². The van der Waals surface area contributed by atoms with Gasteiger partial charge in [0.25, 0.3) is 5.91 Å². The molecule has 23 heavy (non-hydrogen) atoms. The third-order valence-electron chi connectivity index (χ3n) is 4.01. The lowest BCUT2D eigenvalue weighted by Gasteiger charge is -2.23. The van der Waals surface area contributed by atoms with E-state index < -0.39 is 0 Å². The quantitative estimate of drug-likeness (QED) is 0.913. The van der Waals surface area contributed by atoms with Gasteiger partial charge in [-0.15, -0.1) is 0 Å². The summed E-state index contributed by atoms with van der Waals surface area (Å²) in [6.45, 7) is 1.92. The molecule has 0 aromatic heterocycles. The van der Waals surface area contributed by atoms with Crippen LogP contribution in [0.15, 0.2) is 42.5 Å². The zero-order valence-corrected chi connectivity index (χ0v) is 13.8. The normalized spacial score (nSPS) is 13.9. The Kier molecular flexibility index (Phi) is 4.72. The Labute approximate surface area is 141 Å². The van der Waals surface area contributed by atoms with Gasteiger partial charge >= 0.3 is 0 Å². The molecule has 1 amide bonds. The number of methoxy groups -OCH3 is 1. The Morgan fingerprint density at radius 2 is 1.87 bits per heavy atom. The molecular formula is C18H19ClN2O2. The average Bonchev–Trinajstić information content (AvgIpc) is 3.09. The van der Waals surface area contributed by atoms with E-state index in [1.165, 1.54) is 0 Å². The molecule has 0 atom stereocenters. The van der Waals surface area contributed by atoms with E-state index in [1.54, 1.807) is 19.2 Å². The molecule has 1 aliphatic heterocycles. The van der Waals surface area contributed by atoms with Gasteiger partial charge in [-0.1, -0.05) is 29.8 Å². The number of anilines is 2. The molecule has 0 radical (unpaired) electrons. The fourth-order valence-corrected chi connectivity index (χ4v) is 3.19. The Morgan fingerprint density at radius 1 is 1.13 bits per heavy atom. The number of nitrogens with one attached hydrogen (secondary N) is 1. The summed E-state index contributed by atoms with van der Waals surface area (Å²) in [6, 6.07) is 12.8. The van der Waals surface area contributed by atoms with Crippen LogP contribution in [0, 0.1) is 0 Å². The lowest BCUT2D eigenvalue weighted by atomic mass is 10.1. The molecule has 4 nitrogen and oxygen atoms in total. The zero-order chi connectivity index (χ0) is 16.2. The van der Waals surface area contributed by atoms with Crippen molar-refractivity contribution < 1.29 is 9.53 Å². The zero-order valence-electron chi connectivity index (χ0n) is 13.0. The minimum atomic E-state index is -0.204. The first-order valence-corrected chi connectivity index (χ1v) is 8.06. The lowest BCUT2D eigenvalue weighted by Crippen LogP contribution is -2.21. The Bertz CT molecular complexity index is 712. The summed E-state index contributed by atoms with van der Waals surface area (Å²) in [4.78, 5) is 14.8. The van der Waals surface area contributed by atoms with Gasteiger partial charge in [-0.25, -0.2) is 0 Å². The molecule has 1 fully saturated rings. The van der Waals surface area contributed by atoms with E-state index in [9.17, 15) is 4.79 Å². The van der Waals surface area contributed by atoms with E-state index >= 15 is 0 Å². The van der Waals surface area contributed by atoms with Crippen molar-refractivity contribution in [3.8, 4) is 5.75 Å². The van der Waals surface area contributed by atoms with Gasteiger partial charge in [-0.2, -0.15) is 0 Å². The van der Waals surface area contributed by atoms with E-state index in [0.717, 1.165) is 37.3 Å². The summed E-state index contributed by atoms with van der Waals surface area (Å²) in [7, 11) is 1.56. The molecule has 0 bridgehead atoms. The van der Waals surface area contributed by atoms with Crippen LogP contribution in [0.3, 0.4) is 0 Å². The first-order valence-electron chi connectivity index (χ1n) is 7.68. The van der Waals surface area contributed by atoms with Crippen LogP contribution in [0.25, 0.3) is 0 Å². The van der Waals surface area contributed by atoms with Crippen LogP contribution in [0.4, 0.5) is 11.4 Å². The minimum Gasteiger partial charge on any atom is -0.496 e. The van der Waals surface area contributed by atoms with Crippen molar-refractivity contribution in [2.45, 2.75) is 12.8 Å². The van der Waals surface area contributed by atoms with E-state index in [2.05, 4.69) is 10.2 Å². The first-order chi connectivity index (χ1) is 11.2. The van der Waals surface area contributed by atoms with Crippen LogP contribution in [-0.4, -0.2) is 26.1 Å². The average molecular weight is 331 g/mol. The highest BCUT2D eigenvalue weighted by molar-refractivity contribution is 6.34. The molecule has 0 saturated carbocycles. The third-order valence-corrected chi connectivity index (χ3v) is 4.31. The second-order valence-corrected chi connectivity index (χ2v) is 5.89. The molecule has 0 aliphatic carbocycles. The SMILES string of the molecule is COc1ccccc1C(=O)Nc1cccc(Cl)c1N1CCCC1. The topological polar surface area (TPSA) is 41.6 Å². The Hall–Kier alpha value is -2.20. The molecule has 1 N–H and O–H groups in total. The molecule has 2 aromatic rings. The van der Waals surface area contributed by atoms with Crippen molar-refractivity contribution in [3.05, 3.63) is 53.1 Å². The van der Waals surface area contributed by atoms with Crippen molar-refractivity contribution in [1.82, 2.24) is 0 Å². The number of benzene rings is 2. The number of rotatable bonds is 4. The van der Waals surface area contributed by atoms with Gasteiger partial charge in [-0.05, 0) is 37.1 Å². The van der Waals surface area contributed by atoms with Crippen molar-refractivity contribution in [2.75, 3.05) is 30.4 Å². The molecule has 0 spiro atoms. The summed E-state index contributed by atoms with van der Waals surface area (Å²) in [5, 5.41) is 3.63. The molecular weight excluding hydrogens is 312 g/mol. The maximum absolute atomic E-state index is 12.6. The standard InChI is InChI=1S/C18H19ClN2O2/c1-23-16-10-3-2-7-13(16)18(22)20-15-9-6-8-14(19)17(15)21-11-4-5-12-21/h2-3,6-10H,4-5,11-12H2,1H3,(H,20,22). The fraction of sp³-hybridized carbons (Fsp3) is 0.278. The smallest absolute Gasteiger partial charge is 0.259 e. The predicted octanol–water partition coefficient (Wildman–Crippen LogP) is 4.20. The fourth-order valence-electron chi connectivity index (χ4n) is 2.90. The number of hydrogen-bond donors (Lipinski definition) is 1. The van der Waals surface area contributed by atoms with Crippen molar-refractivity contribution in [1.29, 1.82) is 0 Å². The number of nitrogens with zero attached hydrogens (tertiary/aromatic N) is 1. The van der Waals surface area contributed by atoms with E-state index in [1.807, 2.05) is 30.3 Å². The van der Waals surface area contributed by atoms with E-state index in [-0.39, 0.29) is 5.91 Å². The van der Waals surface area contributed by atoms with Crippen LogP contribution in [0.5, 0.6) is 5.75 Å². The molecule has 1 heterocycles. The second kappa shape index (κ2) is 6.92. The molecule has 120 valence electrons. The lowest BCUT2D eigenvalue weighted by molar-refractivity contribution is 0.102. The Balaban J connectivity index is 1.91. The minimum absolute atomic E-state index is 0.204. The Morgan fingerprint density at radius 3 is 2.61 bits per heavy atom. The maximum Gasteiger partial charge on any atom is 0.259 e. The van der Waals surface area contributed by atoms with Crippen molar-refractivity contribution in [3.63, 3.8) is 0 Å². The third kappa shape index (κ3) is 3.27. The van der Waals surface area contributed by atoms with Crippen LogP contribution >= 0.6 is 11.6 Å². The number of carbonyl (C=O) groups excluding carboxylic acids is 1. The van der Waals surface area contributed by atoms with Crippen LogP contribution in [-0.2, 0) is 0 Å². The molecule has 3 rings (SSSR count). The summed E-state index contributed by atoms with van der Waals surface area (Å²) >= 11 is 6.38. The largest absolute Gasteiger partial charge is 0.496 e. The van der Waals surface area contributed by atoms with E-state index in [4.69, 9.17) is 16.3 Å². The monoisotopic (exact) mass is 330 g/mol. The van der Waals surface area contributed by atoms with Crippen LogP contribution in [0.1, 0.15) is 23.2 Å². The number of carbonyl (C=O) groups is 1. The van der Waals surface area contributed by atoms with Gasteiger partial charge < -0.3 is 15.0 Å². The number of hydrogen-bond acceptors (Lipinski definition) is 3. The van der Waals surface area contributed by atoms with Gasteiger partial charge in [0.05, 0.1) is 29.1 Å². The second-order valence-electron chi connectivity index (χ2n) is 5.48. The van der Waals surface area contributed by atoms with Gasteiger partial charge in [0.1, 0.15) is 5.75 Å². The molecule has 5 heteroatoms. The number of amides is 1. The predicted molar refractivity (Wildman–Crippen MR) is 93.8 cm³/mol. The molecule has 2 aromatic carbocycles. The summed E-state index contributed by atoms with van der Waals surface area (Å²) < 4.78 is 5.26. The molecule has 0 unspecified atom stereocenters. The van der Waals surface area contributed by atoms with Gasteiger partial charge in [-0.3, -0.25) is 4.79 Å². The van der Waals surface area contributed by atoms with Crippen molar-refractivity contribution in [2.24, 2.45) is 0 Å². The highest BCUT2D eigenvalue weighted by Crippen LogP contribution is 2.36. The highest BCUT2D eigenvalue weighted by atomic mass is 35.5. The summed E-state index contributed by atoms with van der Waals surface area (Å²) in [5.74, 6) is 0.347. The van der Waals surface area contributed by atoms with Crippen LogP contribution < -0.4 is 15.0 Å². The number of halogens is 1. The highest BCUT2D eigenvalue weighted by Gasteiger charge is 2.20. The number of ether oxygens (including phenoxy) is 1.